The molecule has 0 atom stereocenters. The third-order valence-electron chi connectivity index (χ3n) is 4.02. The van der Waals surface area contributed by atoms with Crippen molar-refractivity contribution in [2.24, 2.45) is 0 Å². The molecule has 2 amide bonds. The summed E-state index contributed by atoms with van der Waals surface area (Å²) >= 11 is 0. The Morgan fingerprint density at radius 3 is 2.40 bits per heavy atom. The Morgan fingerprint density at radius 1 is 1.12 bits per heavy atom. The van der Waals surface area contributed by atoms with Gasteiger partial charge in [-0.3, -0.25) is 4.90 Å². The summed E-state index contributed by atoms with van der Waals surface area (Å²) < 4.78 is 5.86. The molecule has 0 saturated heterocycles. The van der Waals surface area contributed by atoms with E-state index in [1.807, 2.05) is 49.4 Å². The van der Waals surface area contributed by atoms with Gasteiger partial charge in [0.15, 0.2) is 6.73 Å². The minimum atomic E-state index is -0.168. The van der Waals surface area contributed by atoms with Crippen molar-refractivity contribution >= 4 is 11.7 Å². The number of ether oxygens (including phenoxy) is 1. The maximum Gasteiger partial charge on any atom is 0.324 e. The molecule has 0 fully saturated rings. The normalized spacial score (nSPS) is 11.1. The van der Waals surface area contributed by atoms with Crippen LogP contribution in [-0.4, -0.2) is 19.3 Å². The number of nitrogens with one attached hydrogen (secondary N) is 1. The van der Waals surface area contributed by atoms with Crippen molar-refractivity contribution in [1.82, 2.24) is 5.32 Å². The molecule has 2 aromatic rings. The largest absolute Gasteiger partial charge is 0.473 e. The summed E-state index contributed by atoms with van der Waals surface area (Å²) in [5.74, 6) is 0.807. The summed E-state index contributed by atoms with van der Waals surface area (Å²) in [6.45, 7) is 11.2. The van der Waals surface area contributed by atoms with Crippen LogP contribution in [0.3, 0.4) is 0 Å². The van der Waals surface area contributed by atoms with E-state index in [4.69, 9.17) is 4.74 Å². The number of benzene rings is 2. The first-order valence-corrected chi connectivity index (χ1v) is 8.67. The van der Waals surface area contributed by atoms with Gasteiger partial charge in [-0.25, -0.2) is 4.79 Å². The number of hydrogen-bond donors (Lipinski definition) is 1. The predicted molar refractivity (Wildman–Crippen MR) is 103 cm³/mol. The number of rotatable bonds is 5. The molecule has 0 aliphatic heterocycles. The number of hydrogen-bond acceptors (Lipinski definition) is 2. The number of nitrogens with zero attached hydrogens (tertiary/aromatic N) is 1. The highest BCUT2D eigenvalue weighted by Crippen LogP contribution is 2.32. The minimum absolute atomic E-state index is 0.0230. The summed E-state index contributed by atoms with van der Waals surface area (Å²) in [4.78, 5) is 14.1. The second kappa shape index (κ2) is 8.06. The fraction of sp³-hybridized carbons (Fsp3) is 0.381. The summed E-state index contributed by atoms with van der Waals surface area (Å²) in [7, 11) is 0. The molecule has 0 radical (unpaired) electrons. The summed E-state index contributed by atoms with van der Waals surface area (Å²) in [6, 6.07) is 15.6. The molecule has 0 aromatic heterocycles. The quantitative estimate of drug-likeness (QED) is 0.789. The maximum atomic E-state index is 12.4. The van der Waals surface area contributed by atoms with E-state index >= 15 is 0 Å². The third-order valence-corrected chi connectivity index (χ3v) is 4.02. The van der Waals surface area contributed by atoms with Crippen molar-refractivity contribution in [2.75, 3.05) is 18.2 Å². The van der Waals surface area contributed by atoms with E-state index in [0.717, 1.165) is 17.0 Å². The van der Waals surface area contributed by atoms with Crippen LogP contribution in [0.25, 0.3) is 0 Å². The topological polar surface area (TPSA) is 41.6 Å². The van der Waals surface area contributed by atoms with Crippen molar-refractivity contribution in [3.05, 3.63) is 59.7 Å². The summed E-state index contributed by atoms with van der Waals surface area (Å²) in [6.07, 6.45) is 0. The minimum Gasteiger partial charge on any atom is -0.473 e. The van der Waals surface area contributed by atoms with Gasteiger partial charge in [0.25, 0.3) is 0 Å². The van der Waals surface area contributed by atoms with E-state index < -0.39 is 0 Å². The molecule has 0 aliphatic carbocycles. The number of amides is 2. The molecule has 134 valence electrons. The SMILES string of the molecule is CCN(C(=O)NCOc1ccc(C)cc1C(C)(C)C)c1ccccc1. The van der Waals surface area contributed by atoms with Gasteiger partial charge < -0.3 is 10.1 Å². The second-order valence-corrected chi connectivity index (χ2v) is 7.10. The Kier molecular flexibility index (Phi) is 6.07. The zero-order chi connectivity index (χ0) is 18.4. The number of carbonyl (C=O) groups excluding carboxylic acids is 1. The lowest BCUT2D eigenvalue weighted by molar-refractivity contribution is 0.228. The van der Waals surface area contributed by atoms with Gasteiger partial charge in [-0.15, -0.1) is 0 Å². The first-order valence-electron chi connectivity index (χ1n) is 8.67. The molecule has 2 aromatic carbocycles. The van der Waals surface area contributed by atoms with Crippen molar-refractivity contribution in [1.29, 1.82) is 0 Å². The Morgan fingerprint density at radius 2 is 1.80 bits per heavy atom. The van der Waals surface area contributed by atoms with Crippen LogP contribution < -0.4 is 15.0 Å². The molecule has 2 rings (SSSR count). The van der Waals surface area contributed by atoms with Gasteiger partial charge in [-0.1, -0.05) is 56.7 Å². The number of carbonyl (C=O) groups is 1. The van der Waals surface area contributed by atoms with Crippen LogP contribution in [0.15, 0.2) is 48.5 Å². The molecule has 0 saturated carbocycles. The molecule has 0 aliphatic rings. The molecule has 1 N–H and O–H groups in total. The standard InChI is InChI=1S/C21H28N2O2/c1-6-23(17-10-8-7-9-11-17)20(24)22-15-25-19-13-12-16(2)14-18(19)21(3,4)5/h7-14H,6,15H2,1-5H3,(H,22,24). The molecule has 0 heterocycles. The van der Waals surface area contributed by atoms with E-state index in [9.17, 15) is 4.79 Å². The average molecular weight is 340 g/mol. The Balaban J connectivity index is 2.02. The fourth-order valence-electron chi connectivity index (χ4n) is 2.68. The van der Waals surface area contributed by atoms with Crippen molar-refractivity contribution in [3.63, 3.8) is 0 Å². The van der Waals surface area contributed by atoms with Crippen LogP contribution in [0.4, 0.5) is 10.5 Å². The first kappa shape index (κ1) is 18.8. The highest BCUT2D eigenvalue weighted by Gasteiger charge is 2.19. The fourth-order valence-corrected chi connectivity index (χ4v) is 2.68. The number of para-hydroxylation sites is 1. The number of anilines is 1. The number of urea groups is 1. The predicted octanol–water partition coefficient (Wildman–Crippen LogP) is 4.86. The van der Waals surface area contributed by atoms with Crippen LogP contribution in [0.2, 0.25) is 0 Å². The van der Waals surface area contributed by atoms with Crippen LogP contribution in [0, 0.1) is 6.92 Å². The Bertz CT molecular complexity index is 706. The van der Waals surface area contributed by atoms with Gasteiger partial charge >= 0.3 is 6.03 Å². The molecule has 0 bridgehead atoms. The van der Waals surface area contributed by atoms with Gasteiger partial charge in [-0.2, -0.15) is 0 Å². The Hall–Kier alpha value is -2.49. The molecular formula is C21H28N2O2. The highest BCUT2D eigenvalue weighted by molar-refractivity contribution is 5.91. The lowest BCUT2D eigenvalue weighted by atomic mass is 9.85. The van der Waals surface area contributed by atoms with Crippen LogP contribution >= 0.6 is 0 Å². The van der Waals surface area contributed by atoms with E-state index in [2.05, 4.69) is 39.1 Å². The van der Waals surface area contributed by atoms with Crippen molar-refractivity contribution in [3.8, 4) is 5.75 Å². The maximum absolute atomic E-state index is 12.4. The summed E-state index contributed by atoms with van der Waals surface area (Å²) in [5, 5.41) is 2.84. The smallest absolute Gasteiger partial charge is 0.324 e. The lowest BCUT2D eigenvalue weighted by Gasteiger charge is -2.24. The van der Waals surface area contributed by atoms with Gasteiger partial charge in [-0.05, 0) is 43.0 Å². The zero-order valence-electron chi connectivity index (χ0n) is 15.8. The molecule has 0 unspecified atom stereocenters. The first-order chi connectivity index (χ1) is 11.8. The van der Waals surface area contributed by atoms with Crippen LogP contribution in [0.5, 0.6) is 5.75 Å². The monoisotopic (exact) mass is 340 g/mol. The van der Waals surface area contributed by atoms with Gasteiger partial charge in [0.1, 0.15) is 5.75 Å². The molecule has 0 spiro atoms. The second-order valence-electron chi connectivity index (χ2n) is 7.10. The van der Waals surface area contributed by atoms with E-state index in [1.54, 1.807) is 4.90 Å². The van der Waals surface area contributed by atoms with Crippen molar-refractivity contribution < 1.29 is 9.53 Å². The third kappa shape index (κ3) is 4.99. The average Bonchev–Trinajstić information content (AvgIpc) is 2.57. The van der Waals surface area contributed by atoms with Gasteiger partial charge in [0.05, 0.1) is 0 Å². The molecule has 4 nitrogen and oxygen atoms in total. The molecular weight excluding hydrogens is 312 g/mol. The highest BCUT2D eigenvalue weighted by atomic mass is 16.5. The van der Waals surface area contributed by atoms with E-state index in [0.29, 0.717) is 6.54 Å². The van der Waals surface area contributed by atoms with Gasteiger partial charge in [0, 0.05) is 12.2 Å². The van der Waals surface area contributed by atoms with E-state index in [-0.39, 0.29) is 18.2 Å². The summed E-state index contributed by atoms with van der Waals surface area (Å²) in [5.41, 5.74) is 3.18. The Labute approximate surface area is 150 Å². The zero-order valence-corrected chi connectivity index (χ0v) is 15.8. The van der Waals surface area contributed by atoms with Crippen LogP contribution in [-0.2, 0) is 5.41 Å². The van der Waals surface area contributed by atoms with Gasteiger partial charge in [0.2, 0.25) is 0 Å². The lowest BCUT2D eigenvalue weighted by Crippen LogP contribution is -2.41. The van der Waals surface area contributed by atoms with E-state index in [1.165, 1.54) is 5.56 Å². The molecule has 4 heteroatoms. The van der Waals surface area contributed by atoms with Crippen LogP contribution in [0.1, 0.15) is 38.8 Å². The van der Waals surface area contributed by atoms with Crippen molar-refractivity contribution in [2.45, 2.75) is 40.0 Å². The molecule has 25 heavy (non-hydrogen) atoms. The number of aryl methyl sites for hydroxylation is 1.